The predicted molar refractivity (Wildman–Crippen MR) is 115 cm³/mol. The summed E-state index contributed by atoms with van der Waals surface area (Å²) in [6.45, 7) is 5.73. The number of hydrogen-bond acceptors (Lipinski definition) is 5. The van der Waals surface area contributed by atoms with Gasteiger partial charge in [-0.15, -0.1) is 11.3 Å². The van der Waals surface area contributed by atoms with Crippen LogP contribution in [0.5, 0.6) is 0 Å². The molecular formula is C22H25F3N4O2S. The minimum atomic E-state index is -4.42. The van der Waals surface area contributed by atoms with Crippen molar-refractivity contribution in [1.29, 1.82) is 0 Å². The Labute approximate surface area is 187 Å². The average Bonchev–Trinajstić information content (AvgIpc) is 3.28. The maximum Gasteiger partial charge on any atom is 0.434 e. The summed E-state index contributed by atoms with van der Waals surface area (Å²) in [5.41, 5.74) is 2.83. The van der Waals surface area contributed by atoms with Crippen molar-refractivity contribution in [3.05, 3.63) is 43.3 Å². The Kier molecular flexibility index (Phi) is 4.92. The summed E-state index contributed by atoms with van der Waals surface area (Å²) in [5, 5.41) is 0.414. The van der Waals surface area contributed by atoms with E-state index in [9.17, 15) is 22.8 Å². The second-order valence-electron chi connectivity index (χ2n) is 9.25. The first kappa shape index (κ1) is 21.5. The van der Waals surface area contributed by atoms with E-state index in [0.717, 1.165) is 41.0 Å². The summed E-state index contributed by atoms with van der Waals surface area (Å²) >= 11 is 1.15. The largest absolute Gasteiger partial charge is 0.434 e. The molecule has 2 aromatic heterocycles. The van der Waals surface area contributed by atoms with Gasteiger partial charge >= 0.3 is 6.18 Å². The van der Waals surface area contributed by atoms with Gasteiger partial charge in [-0.1, -0.05) is 0 Å². The Morgan fingerprint density at radius 3 is 2.47 bits per heavy atom. The van der Waals surface area contributed by atoms with Gasteiger partial charge in [-0.2, -0.15) is 13.2 Å². The molecule has 1 amide bonds. The summed E-state index contributed by atoms with van der Waals surface area (Å²) in [4.78, 5) is 33.1. The monoisotopic (exact) mass is 466 g/mol. The number of carbonyl (C=O) groups is 1. The number of rotatable bonds is 4. The molecule has 2 aliphatic heterocycles. The van der Waals surface area contributed by atoms with Crippen LogP contribution in [0.2, 0.25) is 0 Å². The zero-order valence-electron chi connectivity index (χ0n) is 18.3. The van der Waals surface area contributed by atoms with Crippen molar-refractivity contribution < 1.29 is 18.0 Å². The molecule has 5 rings (SSSR count). The number of halogens is 3. The third kappa shape index (κ3) is 3.52. The fourth-order valence-electron chi connectivity index (χ4n) is 4.71. The van der Waals surface area contributed by atoms with Gasteiger partial charge in [0.1, 0.15) is 0 Å². The molecule has 172 valence electrons. The Bertz CT molecular complexity index is 1160. The van der Waals surface area contributed by atoms with Gasteiger partial charge in [-0.3, -0.25) is 9.59 Å². The number of thiazole rings is 1. The van der Waals surface area contributed by atoms with Crippen molar-refractivity contribution in [2.45, 2.75) is 58.3 Å². The molecule has 32 heavy (non-hydrogen) atoms. The molecule has 1 aliphatic carbocycles. The first-order chi connectivity index (χ1) is 15.0. The fourth-order valence-corrected chi connectivity index (χ4v) is 5.98. The van der Waals surface area contributed by atoms with E-state index in [1.807, 2.05) is 18.7 Å². The third-order valence-electron chi connectivity index (χ3n) is 6.99. The highest BCUT2D eigenvalue weighted by Crippen LogP contribution is 2.50. The van der Waals surface area contributed by atoms with Crippen LogP contribution in [0.25, 0.3) is 0 Å². The lowest BCUT2D eigenvalue weighted by Crippen LogP contribution is -2.48. The number of fused-ring (bicyclic) bond motifs is 1. The number of aromatic nitrogens is 2. The van der Waals surface area contributed by atoms with Crippen LogP contribution >= 0.6 is 11.3 Å². The summed E-state index contributed by atoms with van der Waals surface area (Å²) in [6.07, 6.45) is -2.48. The number of nitrogens with zero attached hydrogens (tertiary/aromatic N) is 4. The number of anilines is 1. The minimum Gasteiger partial charge on any atom is -0.347 e. The van der Waals surface area contributed by atoms with Crippen LogP contribution in [0.3, 0.4) is 0 Å². The zero-order chi connectivity index (χ0) is 22.9. The number of pyridine rings is 1. The van der Waals surface area contributed by atoms with E-state index in [-0.39, 0.29) is 23.3 Å². The molecule has 0 spiro atoms. The predicted octanol–water partition coefficient (Wildman–Crippen LogP) is 3.72. The second kappa shape index (κ2) is 7.33. The maximum atomic E-state index is 13.3. The molecule has 0 atom stereocenters. The molecule has 0 radical (unpaired) electrons. The van der Waals surface area contributed by atoms with Crippen LogP contribution in [0, 0.1) is 19.8 Å². The van der Waals surface area contributed by atoms with Gasteiger partial charge in [-0.25, -0.2) is 4.98 Å². The molecule has 0 unspecified atom stereocenters. The van der Waals surface area contributed by atoms with Gasteiger partial charge in [0.05, 0.1) is 6.54 Å². The van der Waals surface area contributed by atoms with Crippen molar-refractivity contribution in [1.82, 2.24) is 14.5 Å². The van der Waals surface area contributed by atoms with Gasteiger partial charge < -0.3 is 14.4 Å². The number of hydrogen-bond donors (Lipinski definition) is 0. The molecule has 2 aromatic rings. The van der Waals surface area contributed by atoms with E-state index in [4.69, 9.17) is 0 Å². The van der Waals surface area contributed by atoms with E-state index in [1.165, 1.54) is 0 Å². The van der Waals surface area contributed by atoms with Gasteiger partial charge in [-0.05, 0) is 43.7 Å². The van der Waals surface area contributed by atoms with Crippen molar-refractivity contribution in [2.75, 3.05) is 18.0 Å². The SMILES string of the molecule is Cc1c2c(n(C)c(=O)c1C)CN(C(=O)CC1CN(c3nc(C(F)(F)F)c(C4CC4)s3)C1)C2. The smallest absolute Gasteiger partial charge is 0.347 e. The van der Waals surface area contributed by atoms with Gasteiger partial charge in [0.15, 0.2) is 10.8 Å². The van der Waals surface area contributed by atoms with Crippen LogP contribution in [0.15, 0.2) is 4.79 Å². The lowest BCUT2D eigenvalue weighted by atomic mass is 9.96. The van der Waals surface area contributed by atoms with Gasteiger partial charge in [0.25, 0.3) is 5.56 Å². The maximum absolute atomic E-state index is 13.3. The van der Waals surface area contributed by atoms with Crippen LogP contribution in [-0.4, -0.2) is 33.4 Å². The third-order valence-corrected chi connectivity index (χ3v) is 8.26. The van der Waals surface area contributed by atoms with Crippen molar-refractivity contribution in [2.24, 2.45) is 13.0 Å². The highest BCUT2D eigenvalue weighted by Gasteiger charge is 2.44. The van der Waals surface area contributed by atoms with E-state index < -0.39 is 11.9 Å². The molecule has 10 heteroatoms. The summed E-state index contributed by atoms with van der Waals surface area (Å²) < 4.78 is 41.6. The van der Waals surface area contributed by atoms with Crippen molar-refractivity contribution in [3.8, 4) is 0 Å². The molecule has 0 bridgehead atoms. The number of alkyl halides is 3. The van der Waals surface area contributed by atoms with Crippen LogP contribution in [-0.2, 0) is 31.1 Å². The standard InChI is InChI=1S/C22H25F3N4O2S/c1-11-12(2)20(31)27(3)16-10-28(9-15(11)16)17(30)6-13-7-29(8-13)21-26-19(22(23,24)25)18(32-21)14-4-5-14/h13-14H,4-10H2,1-3H3. The normalized spacial score (nSPS) is 18.8. The highest BCUT2D eigenvalue weighted by atomic mass is 32.1. The molecule has 3 aliphatic rings. The molecule has 6 nitrogen and oxygen atoms in total. The molecule has 2 fully saturated rings. The molecule has 0 aromatic carbocycles. The molecule has 1 saturated carbocycles. The van der Waals surface area contributed by atoms with E-state index in [1.54, 1.807) is 16.5 Å². The van der Waals surface area contributed by atoms with Crippen molar-refractivity contribution in [3.63, 3.8) is 0 Å². The zero-order valence-corrected chi connectivity index (χ0v) is 19.1. The molecule has 4 heterocycles. The number of carbonyl (C=O) groups excluding carboxylic acids is 1. The molecular weight excluding hydrogens is 441 g/mol. The van der Waals surface area contributed by atoms with Crippen molar-refractivity contribution >= 4 is 22.4 Å². The van der Waals surface area contributed by atoms with Crippen LogP contribution in [0.4, 0.5) is 18.3 Å². The Morgan fingerprint density at radius 2 is 1.84 bits per heavy atom. The van der Waals surface area contributed by atoms with Gasteiger partial charge in [0, 0.05) is 55.2 Å². The number of amides is 1. The lowest BCUT2D eigenvalue weighted by Gasteiger charge is -2.39. The summed E-state index contributed by atoms with van der Waals surface area (Å²) in [5.74, 6) is 0.112. The summed E-state index contributed by atoms with van der Waals surface area (Å²) in [7, 11) is 1.74. The first-order valence-electron chi connectivity index (χ1n) is 10.8. The van der Waals surface area contributed by atoms with E-state index in [2.05, 4.69) is 4.98 Å². The van der Waals surface area contributed by atoms with E-state index in [0.29, 0.717) is 48.2 Å². The second-order valence-corrected chi connectivity index (χ2v) is 10.3. The minimum absolute atomic E-state index is 0.00335. The average molecular weight is 467 g/mol. The summed E-state index contributed by atoms with van der Waals surface area (Å²) in [6, 6.07) is 0. The fraction of sp³-hybridized carbons (Fsp3) is 0.591. The molecule has 0 N–H and O–H groups in total. The Balaban J connectivity index is 1.22. The lowest BCUT2D eigenvalue weighted by molar-refractivity contribution is -0.141. The topological polar surface area (TPSA) is 58.4 Å². The van der Waals surface area contributed by atoms with Crippen LogP contribution in [0.1, 0.15) is 58.1 Å². The Hall–Kier alpha value is -2.36. The van der Waals surface area contributed by atoms with Gasteiger partial charge in [0.2, 0.25) is 5.91 Å². The quantitative estimate of drug-likeness (QED) is 0.689. The highest BCUT2D eigenvalue weighted by molar-refractivity contribution is 7.15. The van der Waals surface area contributed by atoms with Crippen LogP contribution < -0.4 is 10.5 Å². The van der Waals surface area contributed by atoms with E-state index >= 15 is 0 Å². The first-order valence-corrected chi connectivity index (χ1v) is 11.6. The molecule has 1 saturated heterocycles. The Morgan fingerprint density at radius 1 is 1.16 bits per heavy atom.